The molecule has 0 aliphatic carbocycles. The molecule has 1 aromatic rings. The standard InChI is InChI=1S/C14H15BrFNO2/c1-14(2)6-12(18)17(13(19)7-14)8-9-5-10(15)3-4-11(9)16/h3-5H,6-8H2,1-2H3. The van der Waals surface area contributed by atoms with Crippen LogP contribution in [0.1, 0.15) is 32.3 Å². The summed E-state index contributed by atoms with van der Waals surface area (Å²) in [6.45, 7) is 3.78. The SMILES string of the molecule is CC1(C)CC(=O)N(Cc2cc(Br)ccc2F)C(=O)C1. The zero-order valence-corrected chi connectivity index (χ0v) is 12.5. The Labute approximate surface area is 119 Å². The van der Waals surface area contributed by atoms with Gasteiger partial charge in [-0.05, 0) is 23.6 Å². The summed E-state index contributed by atoms with van der Waals surface area (Å²) in [5.74, 6) is -0.880. The molecule has 1 aliphatic rings. The van der Waals surface area contributed by atoms with E-state index in [-0.39, 0.29) is 23.8 Å². The second kappa shape index (κ2) is 5.04. The van der Waals surface area contributed by atoms with Crippen LogP contribution in [0.2, 0.25) is 0 Å². The second-order valence-corrected chi connectivity index (χ2v) is 6.54. The number of piperidine rings is 1. The van der Waals surface area contributed by atoms with Gasteiger partial charge in [0.05, 0.1) is 6.54 Å². The van der Waals surface area contributed by atoms with Crippen molar-refractivity contribution in [3.8, 4) is 0 Å². The molecule has 0 spiro atoms. The molecular formula is C14H15BrFNO2. The fraction of sp³-hybridized carbons (Fsp3) is 0.429. The summed E-state index contributed by atoms with van der Waals surface area (Å²) in [6.07, 6.45) is 0.628. The van der Waals surface area contributed by atoms with Crippen molar-refractivity contribution in [2.75, 3.05) is 0 Å². The third-order valence-electron chi connectivity index (χ3n) is 3.20. The molecule has 2 amide bonds. The van der Waals surface area contributed by atoms with E-state index >= 15 is 0 Å². The topological polar surface area (TPSA) is 37.4 Å². The second-order valence-electron chi connectivity index (χ2n) is 5.63. The third-order valence-corrected chi connectivity index (χ3v) is 3.69. The van der Waals surface area contributed by atoms with Crippen LogP contribution in [0.3, 0.4) is 0 Å². The number of hydrogen-bond donors (Lipinski definition) is 0. The highest BCUT2D eigenvalue weighted by Crippen LogP contribution is 2.32. The van der Waals surface area contributed by atoms with Crippen LogP contribution in [-0.2, 0) is 16.1 Å². The summed E-state index contributed by atoms with van der Waals surface area (Å²) in [5, 5.41) is 0. The fourth-order valence-corrected chi connectivity index (χ4v) is 2.63. The van der Waals surface area contributed by atoms with E-state index in [9.17, 15) is 14.0 Å². The van der Waals surface area contributed by atoms with E-state index < -0.39 is 5.82 Å². The molecule has 1 fully saturated rings. The number of imide groups is 1. The number of amides is 2. The molecule has 5 heteroatoms. The smallest absolute Gasteiger partial charge is 0.230 e. The molecular weight excluding hydrogens is 313 g/mol. The molecule has 1 aromatic carbocycles. The first kappa shape index (κ1) is 14.2. The molecule has 19 heavy (non-hydrogen) atoms. The highest BCUT2D eigenvalue weighted by molar-refractivity contribution is 9.10. The Morgan fingerprint density at radius 2 is 1.84 bits per heavy atom. The number of rotatable bonds is 2. The van der Waals surface area contributed by atoms with Crippen LogP contribution in [0.25, 0.3) is 0 Å². The molecule has 3 nitrogen and oxygen atoms in total. The molecule has 0 radical (unpaired) electrons. The molecule has 0 N–H and O–H groups in total. The lowest BCUT2D eigenvalue weighted by atomic mass is 9.81. The molecule has 1 saturated heterocycles. The Morgan fingerprint density at radius 1 is 1.26 bits per heavy atom. The van der Waals surface area contributed by atoms with E-state index in [1.54, 1.807) is 12.1 Å². The number of likely N-dealkylation sites (tertiary alicyclic amines) is 1. The van der Waals surface area contributed by atoms with Gasteiger partial charge in [-0.15, -0.1) is 0 Å². The van der Waals surface area contributed by atoms with Gasteiger partial charge in [0.1, 0.15) is 5.82 Å². The number of carbonyl (C=O) groups is 2. The van der Waals surface area contributed by atoms with Gasteiger partial charge in [0.2, 0.25) is 11.8 Å². The van der Waals surface area contributed by atoms with Crippen LogP contribution in [0.15, 0.2) is 22.7 Å². The normalized spacial score (nSPS) is 18.8. The first-order valence-electron chi connectivity index (χ1n) is 6.06. The Bertz CT molecular complexity index is 522. The Balaban J connectivity index is 2.21. The van der Waals surface area contributed by atoms with E-state index in [1.165, 1.54) is 6.07 Å². The van der Waals surface area contributed by atoms with Gasteiger partial charge in [-0.1, -0.05) is 29.8 Å². The van der Waals surface area contributed by atoms with E-state index in [1.807, 2.05) is 13.8 Å². The number of hydrogen-bond acceptors (Lipinski definition) is 2. The van der Waals surface area contributed by atoms with Crippen molar-refractivity contribution >= 4 is 27.7 Å². The summed E-state index contributed by atoms with van der Waals surface area (Å²) >= 11 is 3.25. The van der Waals surface area contributed by atoms with E-state index in [0.717, 1.165) is 9.37 Å². The molecule has 102 valence electrons. The Kier molecular flexibility index (Phi) is 3.76. The minimum Gasteiger partial charge on any atom is -0.278 e. The van der Waals surface area contributed by atoms with Crippen molar-refractivity contribution < 1.29 is 14.0 Å². The lowest BCUT2D eigenvalue weighted by Crippen LogP contribution is -2.45. The maximum absolute atomic E-state index is 13.7. The quantitative estimate of drug-likeness (QED) is 0.782. The summed E-state index contributed by atoms with van der Waals surface area (Å²) < 4.78 is 14.4. The Hall–Kier alpha value is -1.23. The van der Waals surface area contributed by atoms with Crippen molar-refractivity contribution in [3.05, 3.63) is 34.1 Å². The van der Waals surface area contributed by atoms with Crippen LogP contribution < -0.4 is 0 Å². The molecule has 1 heterocycles. The predicted molar refractivity (Wildman–Crippen MR) is 72.7 cm³/mol. The van der Waals surface area contributed by atoms with Crippen molar-refractivity contribution in [2.24, 2.45) is 5.41 Å². The maximum atomic E-state index is 13.7. The summed E-state index contributed by atoms with van der Waals surface area (Å²) in [6, 6.07) is 4.50. The zero-order valence-electron chi connectivity index (χ0n) is 10.9. The van der Waals surface area contributed by atoms with Crippen molar-refractivity contribution in [3.63, 3.8) is 0 Å². The average Bonchev–Trinajstić information content (AvgIpc) is 2.26. The van der Waals surface area contributed by atoms with Crippen LogP contribution in [0.4, 0.5) is 4.39 Å². The average molecular weight is 328 g/mol. The Morgan fingerprint density at radius 3 is 2.42 bits per heavy atom. The number of halogens is 2. The van der Waals surface area contributed by atoms with Gasteiger partial charge >= 0.3 is 0 Å². The third kappa shape index (κ3) is 3.21. The highest BCUT2D eigenvalue weighted by atomic mass is 79.9. The first-order chi connectivity index (χ1) is 8.78. The maximum Gasteiger partial charge on any atom is 0.230 e. The van der Waals surface area contributed by atoms with Gasteiger partial charge < -0.3 is 0 Å². The van der Waals surface area contributed by atoms with Gasteiger partial charge in [0, 0.05) is 22.9 Å². The van der Waals surface area contributed by atoms with Gasteiger partial charge in [-0.2, -0.15) is 0 Å². The monoisotopic (exact) mass is 327 g/mol. The zero-order chi connectivity index (χ0) is 14.2. The van der Waals surface area contributed by atoms with Crippen LogP contribution in [0, 0.1) is 11.2 Å². The van der Waals surface area contributed by atoms with E-state index in [4.69, 9.17) is 0 Å². The van der Waals surface area contributed by atoms with Crippen molar-refractivity contribution in [2.45, 2.75) is 33.2 Å². The van der Waals surface area contributed by atoms with Crippen LogP contribution >= 0.6 is 15.9 Å². The van der Waals surface area contributed by atoms with Gasteiger partial charge in [0.25, 0.3) is 0 Å². The van der Waals surface area contributed by atoms with Crippen LogP contribution in [0.5, 0.6) is 0 Å². The van der Waals surface area contributed by atoms with Gasteiger partial charge in [-0.25, -0.2) is 4.39 Å². The predicted octanol–water partition coefficient (Wildman–Crippen LogP) is 3.26. The van der Waals surface area contributed by atoms with Crippen molar-refractivity contribution in [1.82, 2.24) is 4.90 Å². The lowest BCUT2D eigenvalue weighted by molar-refractivity contribution is -0.153. The lowest BCUT2D eigenvalue weighted by Gasteiger charge is -2.34. The molecule has 0 saturated carbocycles. The highest BCUT2D eigenvalue weighted by Gasteiger charge is 2.37. The van der Waals surface area contributed by atoms with E-state index in [0.29, 0.717) is 18.4 Å². The largest absolute Gasteiger partial charge is 0.278 e. The minimum absolute atomic E-state index is 0.000972. The molecule has 0 unspecified atom stereocenters. The van der Waals surface area contributed by atoms with Gasteiger partial charge in [0.15, 0.2) is 0 Å². The summed E-state index contributed by atoms with van der Waals surface area (Å²) in [5.41, 5.74) is 0.0382. The fourth-order valence-electron chi connectivity index (χ4n) is 2.22. The van der Waals surface area contributed by atoms with E-state index in [2.05, 4.69) is 15.9 Å². The van der Waals surface area contributed by atoms with Crippen LogP contribution in [-0.4, -0.2) is 16.7 Å². The molecule has 0 aromatic heterocycles. The minimum atomic E-state index is -0.409. The van der Waals surface area contributed by atoms with Gasteiger partial charge in [-0.3, -0.25) is 14.5 Å². The number of benzene rings is 1. The summed E-state index contributed by atoms with van der Waals surface area (Å²) in [7, 11) is 0. The molecule has 0 atom stereocenters. The summed E-state index contributed by atoms with van der Waals surface area (Å²) in [4.78, 5) is 25.1. The number of nitrogens with zero attached hydrogens (tertiary/aromatic N) is 1. The van der Waals surface area contributed by atoms with Crippen molar-refractivity contribution in [1.29, 1.82) is 0 Å². The molecule has 0 bridgehead atoms. The molecule has 1 aliphatic heterocycles. The molecule has 2 rings (SSSR count). The first-order valence-corrected chi connectivity index (χ1v) is 6.85. The number of carbonyl (C=O) groups excluding carboxylic acids is 2.